The maximum Gasteiger partial charge on any atom is 0.122 e. The fourth-order valence-electron chi connectivity index (χ4n) is 3.00. The molecule has 2 nitrogen and oxygen atoms in total. The third kappa shape index (κ3) is 2.70. The second-order valence-electron chi connectivity index (χ2n) is 5.33. The van der Waals surface area contributed by atoms with E-state index < -0.39 is 0 Å². The van der Waals surface area contributed by atoms with E-state index in [1.165, 1.54) is 11.1 Å². The van der Waals surface area contributed by atoms with Crippen LogP contribution in [-0.4, -0.2) is 13.2 Å². The molecule has 0 bridgehead atoms. The van der Waals surface area contributed by atoms with Gasteiger partial charge >= 0.3 is 0 Å². The van der Waals surface area contributed by atoms with Crippen molar-refractivity contribution >= 4 is 0 Å². The molecule has 1 heterocycles. The topological polar surface area (TPSA) is 21.3 Å². The average Bonchev–Trinajstić information content (AvgIpc) is 2.53. The third-order valence-electron chi connectivity index (χ3n) is 3.96. The van der Waals surface area contributed by atoms with Crippen molar-refractivity contribution in [2.75, 3.05) is 13.2 Å². The highest BCUT2D eigenvalue weighted by Gasteiger charge is 2.27. The summed E-state index contributed by atoms with van der Waals surface area (Å²) in [7, 11) is 0. The van der Waals surface area contributed by atoms with Gasteiger partial charge in [0.05, 0.1) is 6.61 Å². The normalized spacial score (nSPS) is 18.9. The van der Waals surface area contributed by atoms with E-state index in [1.54, 1.807) is 0 Å². The molecular formula is C18H21NO. The molecule has 2 aromatic carbocycles. The molecule has 3 rings (SSSR count). The summed E-state index contributed by atoms with van der Waals surface area (Å²) in [6, 6.07) is 19.4. The lowest BCUT2D eigenvalue weighted by atomic mass is 9.86. The lowest BCUT2D eigenvalue weighted by Crippen LogP contribution is -2.35. The summed E-state index contributed by atoms with van der Waals surface area (Å²) in [5, 5.41) is 3.62. The smallest absolute Gasteiger partial charge is 0.122 e. The Balaban J connectivity index is 1.83. The summed E-state index contributed by atoms with van der Waals surface area (Å²) in [5.74, 6) is 1.53. The molecule has 20 heavy (non-hydrogen) atoms. The Morgan fingerprint density at radius 2 is 1.85 bits per heavy atom. The first kappa shape index (κ1) is 13.2. The second-order valence-corrected chi connectivity index (χ2v) is 5.33. The van der Waals surface area contributed by atoms with Gasteiger partial charge in [0.1, 0.15) is 5.75 Å². The molecule has 104 valence electrons. The molecule has 2 atom stereocenters. The summed E-state index contributed by atoms with van der Waals surface area (Å²) >= 11 is 0. The van der Waals surface area contributed by atoms with Gasteiger partial charge in [-0.05, 0) is 30.2 Å². The molecule has 0 saturated carbocycles. The van der Waals surface area contributed by atoms with Crippen LogP contribution < -0.4 is 10.1 Å². The highest BCUT2D eigenvalue weighted by molar-refractivity contribution is 5.36. The van der Waals surface area contributed by atoms with Crippen LogP contribution in [0.4, 0.5) is 0 Å². The van der Waals surface area contributed by atoms with Crippen molar-refractivity contribution in [3.05, 3.63) is 65.7 Å². The molecule has 0 fully saturated rings. The van der Waals surface area contributed by atoms with Gasteiger partial charge in [0.2, 0.25) is 0 Å². The Hall–Kier alpha value is -1.80. The molecule has 2 unspecified atom stereocenters. The van der Waals surface area contributed by atoms with Crippen molar-refractivity contribution in [2.24, 2.45) is 5.92 Å². The molecule has 0 amide bonds. The lowest BCUT2D eigenvalue weighted by Gasteiger charge is -2.32. The Labute approximate surface area is 120 Å². The van der Waals surface area contributed by atoms with E-state index in [0.717, 1.165) is 25.3 Å². The third-order valence-corrected chi connectivity index (χ3v) is 3.96. The first-order valence-corrected chi connectivity index (χ1v) is 7.37. The molecule has 1 aliphatic rings. The summed E-state index contributed by atoms with van der Waals surface area (Å²) < 4.78 is 5.94. The summed E-state index contributed by atoms with van der Waals surface area (Å²) in [5.41, 5.74) is 2.67. The minimum Gasteiger partial charge on any atom is -0.493 e. The summed E-state index contributed by atoms with van der Waals surface area (Å²) in [6.07, 6.45) is 1.07. The predicted octanol–water partition coefficient (Wildman–Crippen LogP) is 3.59. The van der Waals surface area contributed by atoms with Crippen LogP contribution in [0.2, 0.25) is 0 Å². The fraction of sp³-hybridized carbons (Fsp3) is 0.333. The van der Waals surface area contributed by atoms with E-state index in [-0.39, 0.29) is 0 Å². The number of rotatable bonds is 4. The van der Waals surface area contributed by atoms with Crippen LogP contribution in [0.15, 0.2) is 54.6 Å². The van der Waals surface area contributed by atoms with Crippen molar-refractivity contribution in [3.8, 4) is 5.75 Å². The van der Waals surface area contributed by atoms with Crippen molar-refractivity contribution < 1.29 is 4.74 Å². The summed E-state index contributed by atoms with van der Waals surface area (Å²) in [4.78, 5) is 0. The van der Waals surface area contributed by atoms with Crippen LogP contribution in [0.5, 0.6) is 5.75 Å². The predicted molar refractivity (Wildman–Crippen MR) is 82.0 cm³/mol. The van der Waals surface area contributed by atoms with Gasteiger partial charge in [-0.3, -0.25) is 0 Å². The van der Waals surface area contributed by atoms with Gasteiger partial charge in [-0.1, -0.05) is 55.5 Å². The number of para-hydroxylation sites is 1. The zero-order chi connectivity index (χ0) is 13.8. The quantitative estimate of drug-likeness (QED) is 0.914. The Kier molecular flexibility index (Phi) is 4.03. The molecule has 1 aliphatic heterocycles. The highest BCUT2D eigenvalue weighted by atomic mass is 16.5. The van der Waals surface area contributed by atoms with Gasteiger partial charge in [-0.2, -0.15) is 0 Å². The maximum atomic E-state index is 5.94. The Morgan fingerprint density at radius 3 is 2.65 bits per heavy atom. The van der Waals surface area contributed by atoms with Crippen LogP contribution in [0.25, 0.3) is 0 Å². The van der Waals surface area contributed by atoms with Crippen LogP contribution in [0, 0.1) is 5.92 Å². The Bertz CT molecular complexity index is 552. The number of nitrogens with one attached hydrogen (secondary N) is 1. The first-order valence-electron chi connectivity index (χ1n) is 7.37. The molecule has 0 spiro atoms. The SMILES string of the molecule is CCNC(c1ccccc1)C1COc2ccccc2C1. The van der Waals surface area contributed by atoms with E-state index in [9.17, 15) is 0 Å². The van der Waals surface area contributed by atoms with Gasteiger partial charge in [0, 0.05) is 12.0 Å². The van der Waals surface area contributed by atoms with Crippen LogP contribution >= 0.6 is 0 Å². The van der Waals surface area contributed by atoms with Gasteiger partial charge in [0.15, 0.2) is 0 Å². The molecular weight excluding hydrogens is 246 g/mol. The van der Waals surface area contributed by atoms with Crippen LogP contribution in [-0.2, 0) is 6.42 Å². The van der Waals surface area contributed by atoms with E-state index >= 15 is 0 Å². The molecule has 0 aliphatic carbocycles. The molecule has 1 N–H and O–H groups in total. The zero-order valence-electron chi connectivity index (χ0n) is 11.9. The van der Waals surface area contributed by atoms with E-state index in [4.69, 9.17) is 4.74 Å². The highest BCUT2D eigenvalue weighted by Crippen LogP contribution is 2.33. The minimum atomic E-state index is 0.356. The van der Waals surface area contributed by atoms with Crippen molar-refractivity contribution in [2.45, 2.75) is 19.4 Å². The van der Waals surface area contributed by atoms with E-state index in [1.807, 2.05) is 6.07 Å². The van der Waals surface area contributed by atoms with E-state index in [0.29, 0.717) is 12.0 Å². The van der Waals surface area contributed by atoms with E-state index in [2.05, 4.69) is 60.8 Å². The fourth-order valence-corrected chi connectivity index (χ4v) is 3.00. The number of hydrogen-bond acceptors (Lipinski definition) is 2. The first-order chi connectivity index (χ1) is 9.88. The van der Waals surface area contributed by atoms with Crippen molar-refractivity contribution in [1.29, 1.82) is 0 Å². The molecule has 0 saturated heterocycles. The monoisotopic (exact) mass is 267 g/mol. The summed E-state index contributed by atoms with van der Waals surface area (Å²) in [6.45, 7) is 3.91. The molecule has 2 aromatic rings. The molecule has 0 aromatic heterocycles. The standard InChI is InChI=1S/C18H21NO/c1-2-19-18(14-8-4-3-5-9-14)16-12-15-10-6-7-11-17(15)20-13-16/h3-11,16,18-19H,2,12-13H2,1H3. The zero-order valence-corrected chi connectivity index (χ0v) is 11.9. The van der Waals surface area contributed by atoms with Gasteiger partial charge < -0.3 is 10.1 Å². The number of ether oxygens (including phenoxy) is 1. The van der Waals surface area contributed by atoms with Crippen LogP contribution in [0.1, 0.15) is 24.1 Å². The molecule has 2 heteroatoms. The minimum absolute atomic E-state index is 0.356. The Morgan fingerprint density at radius 1 is 1.10 bits per heavy atom. The average molecular weight is 267 g/mol. The lowest BCUT2D eigenvalue weighted by molar-refractivity contribution is 0.185. The number of fused-ring (bicyclic) bond motifs is 1. The number of hydrogen-bond donors (Lipinski definition) is 1. The van der Waals surface area contributed by atoms with Crippen molar-refractivity contribution in [1.82, 2.24) is 5.32 Å². The van der Waals surface area contributed by atoms with Gasteiger partial charge in [0.25, 0.3) is 0 Å². The van der Waals surface area contributed by atoms with Crippen LogP contribution in [0.3, 0.4) is 0 Å². The largest absolute Gasteiger partial charge is 0.493 e. The van der Waals surface area contributed by atoms with Crippen molar-refractivity contribution in [3.63, 3.8) is 0 Å². The van der Waals surface area contributed by atoms with Gasteiger partial charge in [-0.15, -0.1) is 0 Å². The second kappa shape index (κ2) is 6.10. The van der Waals surface area contributed by atoms with Gasteiger partial charge in [-0.25, -0.2) is 0 Å². The maximum absolute atomic E-state index is 5.94. The molecule has 0 radical (unpaired) electrons. The number of benzene rings is 2.